The number of hydrogen-bond donors (Lipinski definition) is 3. The van der Waals surface area contributed by atoms with Crippen LogP contribution in [0.1, 0.15) is 51.1 Å². The van der Waals surface area contributed by atoms with Gasteiger partial charge >= 0.3 is 7.12 Å². The van der Waals surface area contributed by atoms with Crippen LogP contribution in [0.4, 0.5) is 0 Å². The summed E-state index contributed by atoms with van der Waals surface area (Å²) in [5, 5.41) is 31.7. The number of fused-ring (bicyclic) bond motifs is 4. The van der Waals surface area contributed by atoms with Crippen molar-refractivity contribution < 1.29 is 34.2 Å². The average molecular weight is 690 g/mol. The number of rotatable bonds is 7. The number of ketones is 2. The van der Waals surface area contributed by atoms with E-state index < -0.39 is 31.0 Å². The molecule has 0 saturated carbocycles. The van der Waals surface area contributed by atoms with Gasteiger partial charge in [0.05, 0.1) is 23.4 Å². The molecule has 43 heavy (non-hydrogen) atoms. The molecule has 1 heterocycles. The molecule has 9 heteroatoms. The highest BCUT2D eigenvalue weighted by molar-refractivity contribution is 14.1. The Kier molecular flexibility index (Phi) is 8.59. The first-order valence-electron chi connectivity index (χ1n) is 14.5. The van der Waals surface area contributed by atoms with Gasteiger partial charge in [-0.1, -0.05) is 60.7 Å². The van der Waals surface area contributed by atoms with Crippen molar-refractivity contribution in [3.63, 3.8) is 0 Å². The number of ether oxygens (including phenoxy) is 1. The summed E-state index contributed by atoms with van der Waals surface area (Å²) in [6.07, 6.45) is 3.09. The quantitative estimate of drug-likeness (QED) is 0.124. The fourth-order valence-corrected chi connectivity index (χ4v) is 7.71. The predicted octanol–water partition coefficient (Wildman–Crippen LogP) is 5.83. The molecule has 3 aliphatic rings. The van der Waals surface area contributed by atoms with Crippen LogP contribution in [0.5, 0.6) is 11.5 Å². The molecule has 3 aromatic carbocycles. The Labute approximate surface area is 264 Å². The molecule has 0 unspecified atom stereocenters. The van der Waals surface area contributed by atoms with Crippen molar-refractivity contribution in [3.8, 4) is 11.5 Å². The largest absolute Gasteiger partial charge is 0.504 e. The van der Waals surface area contributed by atoms with E-state index in [-0.39, 0.29) is 30.2 Å². The molecule has 1 fully saturated rings. The summed E-state index contributed by atoms with van der Waals surface area (Å²) in [6.45, 7) is -0.235. The Balaban J connectivity index is 1.35. The molecule has 0 radical (unpaired) electrons. The first kappa shape index (κ1) is 29.8. The number of carbonyl (C=O) groups is 2. The predicted molar refractivity (Wildman–Crippen MR) is 173 cm³/mol. The molecule has 2 aliphatic carbocycles. The van der Waals surface area contributed by atoms with Gasteiger partial charge in [0.15, 0.2) is 23.1 Å². The topological polar surface area (TPSA) is 113 Å². The summed E-state index contributed by atoms with van der Waals surface area (Å²) < 4.78 is 12.2. The number of methoxy groups -OCH3 is 1. The number of aliphatic hydroxyl groups excluding tert-OH is 1. The highest BCUT2D eigenvalue weighted by Gasteiger charge is 2.53. The molecular weight excluding hydrogens is 658 g/mol. The number of benzene rings is 3. The number of phenols is 1. The van der Waals surface area contributed by atoms with Gasteiger partial charge in [0.2, 0.25) is 0 Å². The minimum Gasteiger partial charge on any atom is -0.504 e. The lowest BCUT2D eigenvalue weighted by Gasteiger charge is -2.47. The number of phenolic OH excluding ortho intramolecular Hbond substituents is 1. The van der Waals surface area contributed by atoms with Crippen LogP contribution in [-0.4, -0.2) is 53.7 Å². The summed E-state index contributed by atoms with van der Waals surface area (Å²) in [5.74, 6) is -1.22. The fourth-order valence-electron chi connectivity index (χ4n) is 7.09. The molecule has 0 amide bonds. The smallest absolute Gasteiger partial charge is 0.455 e. The highest BCUT2D eigenvalue weighted by Crippen LogP contribution is 2.51. The number of allylic oxidation sites excluding steroid dienone is 1. The standard InChI is InChI=1S/C34H32BIO7/c1-42-29-15-19(14-27(36)34(29)40)13-21(20-7-3-2-4-8-20)11-12-28-30-22(18-37)16-25-31(26(30)17-35(41)43-28)33(39)24-10-6-5-9-23(24)32(25)38/h2-10,13-15,25-26,28,31,37,40-41H,11-12,16-18H2,1H3/b21-13-/t25-,26+,28-,31-/m1/s1. The van der Waals surface area contributed by atoms with Crippen molar-refractivity contribution in [1.82, 2.24) is 0 Å². The molecule has 4 atom stereocenters. The summed E-state index contributed by atoms with van der Waals surface area (Å²) >= 11 is 2.08. The van der Waals surface area contributed by atoms with Gasteiger partial charge in [0, 0.05) is 23.0 Å². The van der Waals surface area contributed by atoms with E-state index in [2.05, 4.69) is 28.7 Å². The van der Waals surface area contributed by atoms with Gasteiger partial charge in [0.1, 0.15) is 0 Å². The van der Waals surface area contributed by atoms with Crippen molar-refractivity contribution in [3.05, 3.63) is 104 Å². The van der Waals surface area contributed by atoms with Gasteiger partial charge in [-0.15, -0.1) is 0 Å². The van der Waals surface area contributed by atoms with E-state index in [1.807, 2.05) is 36.4 Å². The van der Waals surface area contributed by atoms with Crippen LogP contribution in [0.3, 0.4) is 0 Å². The van der Waals surface area contributed by atoms with Crippen molar-refractivity contribution in [2.45, 2.75) is 31.7 Å². The second-order valence-corrected chi connectivity index (χ2v) is 12.5. The van der Waals surface area contributed by atoms with E-state index in [0.717, 1.165) is 27.8 Å². The van der Waals surface area contributed by atoms with Gasteiger partial charge in [-0.25, -0.2) is 0 Å². The van der Waals surface area contributed by atoms with Crippen molar-refractivity contribution in [1.29, 1.82) is 0 Å². The van der Waals surface area contributed by atoms with Gasteiger partial charge in [-0.2, -0.15) is 0 Å². The third-order valence-electron chi connectivity index (χ3n) is 8.99. The maximum atomic E-state index is 13.8. The van der Waals surface area contributed by atoms with Gasteiger partial charge < -0.3 is 24.6 Å². The van der Waals surface area contributed by atoms with Crippen LogP contribution in [-0.2, 0) is 4.65 Å². The molecule has 0 spiro atoms. The molecular formula is C34H32BIO7. The zero-order valence-electron chi connectivity index (χ0n) is 23.7. The highest BCUT2D eigenvalue weighted by atomic mass is 127. The molecule has 7 nitrogen and oxygen atoms in total. The number of aromatic hydroxyl groups is 1. The first-order chi connectivity index (χ1) is 20.8. The van der Waals surface area contributed by atoms with Crippen LogP contribution in [0, 0.1) is 21.3 Å². The van der Waals surface area contributed by atoms with Crippen molar-refractivity contribution in [2.24, 2.45) is 17.8 Å². The number of Topliss-reactive ketones (excluding diaryl/α,β-unsaturated/α-hetero) is 2. The Morgan fingerprint density at radius 1 is 1.05 bits per heavy atom. The zero-order valence-corrected chi connectivity index (χ0v) is 25.9. The van der Waals surface area contributed by atoms with Crippen LogP contribution in [0.25, 0.3) is 11.6 Å². The zero-order chi connectivity index (χ0) is 30.2. The lowest BCUT2D eigenvalue weighted by Crippen LogP contribution is -2.51. The van der Waals surface area contributed by atoms with E-state index in [1.54, 1.807) is 30.3 Å². The second-order valence-electron chi connectivity index (χ2n) is 11.4. The van der Waals surface area contributed by atoms with Crippen LogP contribution < -0.4 is 4.74 Å². The van der Waals surface area contributed by atoms with E-state index in [9.17, 15) is 24.8 Å². The number of carbonyl (C=O) groups excluding carboxylic acids is 2. The molecule has 1 saturated heterocycles. The molecule has 1 aliphatic heterocycles. The Bertz CT molecular complexity index is 1630. The summed E-state index contributed by atoms with van der Waals surface area (Å²) in [4.78, 5) is 27.4. The minimum atomic E-state index is -1.09. The van der Waals surface area contributed by atoms with E-state index in [0.29, 0.717) is 39.7 Å². The molecule has 6 rings (SSSR count). The first-order valence-corrected chi connectivity index (χ1v) is 15.5. The van der Waals surface area contributed by atoms with Crippen LogP contribution in [0.2, 0.25) is 6.32 Å². The average Bonchev–Trinajstić information content (AvgIpc) is 3.02. The Morgan fingerprint density at radius 2 is 1.74 bits per heavy atom. The number of aliphatic hydroxyl groups is 1. The summed E-state index contributed by atoms with van der Waals surface area (Å²) in [7, 11) is 0.424. The maximum absolute atomic E-state index is 13.8. The third kappa shape index (κ3) is 5.59. The van der Waals surface area contributed by atoms with Crippen molar-refractivity contribution >= 4 is 52.9 Å². The fraction of sp³-hybridized carbons (Fsp3) is 0.294. The van der Waals surface area contributed by atoms with Crippen molar-refractivity contribution in [2.75, 3.05) is 13.7 Å². The molecule has 0 bridgehead atoms. The Morgan fingerprint density at radius 3 is 2.44 bits per heavy atom. The maximum Gasteiger partial charge on any atom is 0.455 e. The van der Waals surface area contributed by atoms with Gasteiger partial charge in [-0.05, 0) is 94.1 Å². The third-order valence-corrected chi connectivity index (χ3v) is 9.81. The SMILES string of the molecule is COc1cc(/C=C(/CC[C@H]2OB(O)C[C@H]3C2=C(CO)C[C@H]2C(=O)c4ccccc4C(=O)[C@H]23)c2ccccc2)cc(I)c1O. The van der Waals surface area contributed by atoms with Crippen LogP contribution in [0.15, 0.2) is 77.9 Å². The van der Waals surface area contributed by atoms with Crippen LogP contribution >= 0.6 is 22.6 Å². The lowest BCUT2D eigenvalue weighted by atomic mass is 9.54. The van der Waals surface area contributed by atoms with Gasteiger partial charge in [-0.3, -0.25) is 9.59 Å². The number of hydrogen-bond acceptors (Lipinski definition) is 7. The van der Waals surface area contributed by atoms with E-state index in [1.165, 1.54) is 7.11 Å². The Hall–Kier alpha value is -3.25. The lowest BCUT2D eigenvalue weighted by molar-refractivity contribution is 0.0591. The molecule has 3 aromatic rings. The normalized spacial score (nSPS) is 23.5. The monoisotopic (exact) mass is 690 g/mol. The second kappa shape index (κ2) is 12.4. The minimum absolute atomic E-state index is 0.0732. The summed E-state index contributed by atoms with van der Waals surface area (Å²) in [6, 6.07) is 20.6. The molecule has 3 N–H and O–H groups in total. The van der Waals surface area contributed by atoms with Gasteiger partial charge in [0.25, 0.3) is 0 Å². The number of halogens is 1. The summed E-state index contributed by atoms with van der Waals surface area (Å²) in [5.41, 5.74) is 5.35. The van der Waals surface area contributed by atoms with E-state index in [4.69, 9.17) is 9.39 Å². The molecule has 220 valence electrons. The van der Waals surface area contributed by atoms with E-state index >= 15 is 0 Å². The molecule has 0 aromatic heterocycles.